The number of aromatic nitrogens is 5. The maximum Gasteiger partial charge on any atom is 0.229 e. The first kappa shape index (κ1) is 31.7. The standard InChI is InChI=1S/C31H42BrN10O2P/c1-6-21-17-25(27(44-3)18-26(21)41-10-7-22(8-11-41)40-15-13-39(2)14-16-40)37-31-33-19-23(32)29(38-31)36-24-9-12-42-30(34-20-35-42)28(24)45(4,5)43/h9,12,17-20,22H,6-8,10-11,13-16H2,1-5H3,(H2,33,36,37,38). The van der Waals surface area contributed by atoms with Crippen molar-refractivity contribution in [2.45, 2.75) is 32.2 Å². The zero-order valence-electron chi connectivity index (χ0n) is 26.6. The molecule has 0 bridgehead atoms. The van der Waals surface area contributed by atoms with E-state index in [1.165, 1.54) is 43.5 Å². The molecule has 0 amide bonds. The number of halogens is 1. The Hall–Kier alpha value is -3.25. The van der Waals surface area contributed by atoms with Crippen LogP contribution in [0.25, 0.3) is 5.65 Å². The number of nitrogens with one attached hydrogen (secondary N) is 2. The number of piperazine rings is 1. The lowest BCUT2D eigenvalue weighted by Gasteiger charge is -2.43. The summed E-state index contributed by atoms with van der Waals surface area (Å²) in [4.78, 5) is 21.3. The minimum Gasteiger partial charge on any atom is -0.494 e. The van der Waals surface area contributed by atoms with Crippen molar-refractivity contribution in [3.05, 3.63) is 47.0 Å². The van der Waals surface area contributed by atoms with Crippen LogP contribution < -0.4 is 25.6 Å². The molecular weight excluding hydrogens is 655 g/mol. The van der Waals surface area contributed by atoms with E-state index < -0.39 is 7.14 Å². The van der Waals surface area contributed by atoms with Crippen molar-refractivity contribution in [1.29, 1.82) is 0 Å². The Bertz CT molecular complexity index is 1710. The number of methoxy groups -OCH3 is 1. The van der Waals surface area contributed by atoms with Crippen molar-refractivity contribution >= 4 is 62.9 Å². The highest BCUT2D eigenvalue weighted by Crippen LogP contribution is 2.41. The third-order valence-corrected chi connectivity index (χ3v) is 10.9. The molecule has 240 valence electrons. The number of hydrogen-bond acceptors (Lipinski definition) is 11. The smallest absolute Gasteiger partial charge is 0.229 e. The monoisotopic (exact) mass is 696 g/mol. The van der Waals surface area contributed by atoms with Gasteiger partial charge in [-0.3, -0.25) is 4.90 Å². The Morgan fingerprint density at radius 1 is 1.04 bits per heavy atom. The van der Waals surface area contributed by atoms with Crippen molar-refractivity contribution in [1.82, 2.24) is 34.4 Å². The van der Waals surface area contributed by atoms with Gasteiger partial charge in [-0.25, -0.2) is 14.5 Å². The molecule has 0 aliphatic carbocycles. The van der Waals surface area contributed by atoms with E-state index in [1.807, 2.05) is 6.07 Å². The Morgan fingerprint density at radius 2 is 1.80 bits per heavy atom. The van der Waals surface area contributed by atoms with Crippen LogP contribution in [-0.2, 0) is 11.0 Å². The van der Waals surface area contributed by atoms with Gasteiger partial charge in [-0.05, 0) is 73.3 Å². The predicted molar refractivity (Wildman–Crippen MR) is 185 cm³/mol. The lowest BCUT2D eigenvalue weighted by Crippen LogP contribution is -2.52. The number of anilines is 5. The molecule has 14 heteroatoms. The summed E-state index contributed by atoms with van der Waals surface area (Å²) in [6.45, 7) is 12.4. The number of fused-ring (bicyclic) bond motifs is 1. The lowest BCUT2D eigenvalue weighted by atomic mass is 9.99. The maximum atomic E-state index is 13.3. The normalized spacial score (nSPS) is 17.2. The minimum absolute atomic E-state index is 0.406. The summed E-state index contributed by atoms with van der Waals surface area (Å²) in [5, 5.41) is 11.6. The summed E-state index contributed by atoms with van der Waals surface area (Å²) in [6.07, 6.45) is 8.18. The summed E-state index contributed by atoms with van der Waals surface area (Å²) in [6, 6.07) is 6.80. The van der Waals surface area contributed by atoms with Gasteiger partial charge in [0.1, 0.15) is 25.0 Å². The number of hydrogen-bond donors (Lipinski definition) is 2. The van der Waals surface area contributed by atoms with Gasteiger partial charge >= 0.3 is 0 Å². The first-order chi connectivity index (χ1) is 21.6. The van der Waals surface area contributed by atoms with Gasteiger partial charge in [-0.1, -0.05) is 6.92 Å². The van der Waals surface area contributed by atoms with Crippen LogP contribution in [0.1, 0.15) is 25.3 Å². The summed E-state index contributed by atoms with van der Waals surface area (Å²) in [7, 11) is 1.19. The number of benzene rings is 1. The van der Waals surface area contributed by atoms with Gasteiger partial charge in [0.25, 0.3) is 0 Å². The van der Waals surface area contributed by atoms with Crippen LogP contribution in [0.2, 0.25) is 0 Å². The molecular formula is C31H42BrN10O2P. The highest BCUT2D eigenvalue weighted by atomic mass is 79.9. The van der Waals surface area contributed by atoms with Gasteiger partial charge in [0, 0.05) is 69.5 Å². The molecule has 45 heavy (non-hydrogen) atoms. The fraction of sp³-hybridized carbons (Fsp3) is 0.484. The highest BCUT2D eigenvalue weighted by molar-refractivity contribution is 9.10. The molecule has 0 spiro atoms. The Kier molecular flexibility index (Phi) is 9.33. The molecule has 0 radical (unpaired) electrons. The van der Waals surface area contributed by atoms with E-state index in [4.69, 9.17) is 9.72 Å². The number of piperidine rings is 1. The van der Waals surface area contributed by atoms with Crippen molar-refractivity contribution in [2.75, 3.05) is 82.3 Å². The van der Waals surface area contributed by atoms with Gasteiger partial charge in [0.05, 0.1) is 28.3 Å². The van der Waals surface area contributed by atoms with Gasteiger partial charge in [0.15, 0.2) is 5.65 Å². The van der Waals surface area contributed by atoms with E-state index in [2.05, 4.69) is 82.4 Å². The van der Waals surface area contributed by atoms with E-state index in [-0.39, 0.29) is 0 Å². The van der Waals surface area contributed by atoms with Gasteiger partial charge in [-0.15, -0.1) is 0 Å². The largest absolute Gasteiger partial charge is 0.494 e. The Labute approximate surface area is 273 Å². The average molecular weight is 698 g/mol. The number of rotatable bonds is 9. The number of ether oxygens (including phenoxy) is 1. The molecule has 2 saturated heterocycles. The molecule has 0 unspecified atom stereocenters. The van der Waals surface area contributed by atoms with Crippen molar-refractivity contribution in [2.24, 2.45) is 0 Å². The number of likely N-dealkylation sites (N-methyl/N-ethyl adjacent to an activating group) is 1. The fourth-order valence-corrected chi connectivity index (χ4v) is 8.03. The molecule has 4 aromatic rings. The first-order valence-electron chi connectivity index (χ1n) is 15.5. The summed E-state index contributed by atoms with van der Waals surface area (Å²) >= 11 is 3.57. The second kappa shape index (κ2) is 13.2. The minimum atomic E-state index is -2.72. The van der Waals surface area contributed by atoms with E-state index in [0.717, 1.165) is 44.0 Å². The summed E-state index contributed by atoms with van der Waals surface area (Å²) in [5.74, 6) is 1.67. The number of pyridine rings is 1. The van der Waals surface area contributed by atoms with Crippen LogP contribution in [0.3, 0.4) is 0 Å². The van der Waals surface area contributed by atoms with Crippen molar-refractivity contribution < 1.29 is 9.30 Å². The van der Waals surface area contributed by atoms with Crippen LogP contribution in [0.5, 0.6) is 5.75 Å². The molecule has 1 aromatic carbocycles. The molecule has 12 nitrogen and oxygen atoms in total. The van der Waals surface area contributed by atoms with Crippen LogP contribution >= 0.6 is 23.1 Å². The zero-order chi connectivity index (χ0) is 31.7. The third kappa shape index (κ3) is 6.82. The fourth-order valence-electron chi connectivity index (χ4n) is 6.39. The van der Waals surface area contributed by atoms with Crippen molar-refractivity contribution in [3.8, 4) is 5.75 Å². The second-order valence-corrected chi connectivity index (χ2v) is 16.2. The third-order valence-electron chi connectivity index (χ3n) is 8.85. The highest BCUT2D eigenvalue weighted by Gasteiger charge is 2.28. The lowest BCUT2D eigenvalue weighted by molar-refractivity contribution is 0.0982. The molecule has 5 heterocycles. The molecule has 0 atom stereocenters. The first-order valence-corrected chi connectivity index (χ1v) is 18.9. The van der Waals surface area contributed by atoms with E-state index in [1.54, 1.807) is 37.3 Å². The molecule has 6 rings (SSSR count). The van der Waals surface area contributed by atoms with Crippen LogP contribution in [0.15, 0.2) is 41.4 Å². The molecule has 3 aromatic heterocycles. The predicted octanol–water partition coefficient (Wildman–Crippen LogP) is 4.80. The van der Waals surface area contributed by atoms with Gasteiger partial charge < -0.3 is 29.7 Å². The SMILES string of the molecule is CCc1cc(Nc2ncc(Br)c(Nc3ccn4ncnc4c3P(C)(C)=O)n2)c(OC)cc1N1CCC(N2CCN(C)CC2)CC1. The number of nitrogens with zero attached hydrogens (tertiary/aromatic N) is 8. The second-order valence-electron chi connectivity index (χ2n) is 12.2. The van der Waals surface area contributed by atoms with E-state index in [0.29, 0.717) is 38.9 Å². The van der Waals surface area contributed by atoms with Crippen LogP contribution in [-0.4, -0.2) is 107 Å². The molecule has 0 saturated carbocycles. The van der Waals surface area contributed by atoms with E-state index >= 15 is 0 Å². The summed E-state index contributed by atoms with van der Waals surface area (Å²) < 4.78 is 21.5. The quantitative estimate of drug-likeness (QED) is 0.235. The number of aryl methyl sites for hydroxylation is 1. The molecule has 2 N–H and O–H groups in total. The Morgan fingerprint density at radius 3 is 2.49 bits per heavy atom. The molecule has 2 fully saturated rings. The van der Waals surface area contributed by atoms with Crippen LogP contribution in [0.4, 0.5) is 28.8 Å². The molecule has 2 aliphatic heterocycles. The van der Waals surface area contributed by atoms with E-state index in [9.17, 15) is 4.57 Å². The maximum absolute atomic E-state index is 13.3. The zero-order valence-corrected chi connectivity index (χ0v) is 29.1. The van der Waals surface area contributed by atoms with Gasteiger partial charge in [-0.2, -0.15) is 10.1 Å². The topological polar surface area (TPSA) is 116 Å². The van der Waals surface area contributed by atoms with Gasteiger partial charge in [0.2, 0.25) is 5.95 Å². The molecule has 2 aliphatic rings. The summed E-state index contributed by atoms with van der Waals surface area (Å²) in [5.41, 5.74) is 4.49. The van der Waals surface area contributed by atoms with Crippen molar-refractivity contribution in [3.63, 3.8) is 0 Å². The Balaban J connectivity index is 1.22. The average Bonchev–Trinajstić information content (AvgIpc) is 3.51. The van der Waals surface area contributed by atoms with Crippen LogP contribution in [0, 0.1) is 0 Å².